The molecule has 0 aliphatic rings. The monoisotopic (exact) mass is 449 g/mol. The van der Waals surface area contributed by atoms with Crippen LogP contribution < -0.4 is 10.6 Å². The van der Waals surface area contributed by atoms with E-state index in [4.69, 9.17) is 4.74 Å². The fourth-order valence-corrected chi connectivity index (χ4v) is 3.19. The first-order valence-electron chi connectivity index (χ1n) is 11.2. The first-order valence-corrected chi connectivity index (χ1v) is 11.2. The Kier molecular flexibility index (Phi) is 10.7. The summed E-state index contributed by atoms with van der Waals surface area (Å²) < 4.78 is 5.21. The van der Waals surface area contributed by atoms with Gasteiger partial charge in [-0.15, -0.1) is 0 Å². The molecule has 0 radical (unpaired) electrons. The first kappa shape index (κ1) is 27.4. The maximum Gasteiger partial charge on any atom is 0.408 e. The summed E-state index contributed by atoms with van der Waals surface area (Å²) in [7, 11) is 0. The van der Waals surface area contributed by atoms with Crippen molar-refractivity contribution in [2.24, 2.45) is 0 Å². The number of nitrogens with zero attached hydrogens (tertiary/aromatic N) is 1. The molecule has 0 aromatic heterocycles. The summed E-state index contributed by atoms with van der Waals surface area (Å²) in [6.07, 6.45) is 0.943. The minimum absolute atomic E-state index is 0.212. The maximum absolute atomic E-state index is 13.3. The number of aliphatic hydroxyl groups is 1. The van der Waals surface area contributed by atoms with Crippen molar-refractivity contribution in [2.45, 2.75) is 79.0 Å². The van der Waals surface area contributed by atoms with E-state index in [0.717, 1.165) is 24.0 Å². The Balaban J connectivity index is 3.24. The summed E-state index contributed by atoms with van der Waals surface area (Å²) in [4.78, 5) is 40.0. The van der Waals surface area contributed by atoms with E-state index in [1.165, 1.54) is 4.90 Å². The van der Waals surface area contributed by atoms with E-state index in [0.29, 0.717) is 12.1 Å². The molecule has 0 bridgehead atoms. The number of unbranched alkanes of at least 4 members (excludes halogenated alkanes) is 1. The highest BCUT2D eigenvalue weighted by molar-refractivity contribution is 5.92. The highest BCUT2D eigenvalue weighted by Gasteiger charge is 2.35. The molecule has 2 unspecified atom stereocenters. The Morgan fingerprint density at radius 1 is 1.12 bits per heavy atom. The lowest BCUT2D eigenvalue weighted by molar-refractivity contribution is -0.143. The summed E-state index contributed by atoms with van der Waals surface area (Å²) in [5.74, 6) is -0.861. The van der Waals surface area contributed by atoms with Crippen LogP contribution in [0, 0.1) is 13.8 Å². The van der Waals surface area contributed by atoms with E-state index in [1.54, 1.807) is 27.7 Å². The molecule has 2 atom stereocenters. The molecule has 0 saturated heterocycles. The average molecular weight is 450 g/mol. The minimum atomic E-state index is -1.23. The molecule has 1 aromatic rings. The standard InChI is InChI=1S/C24H39N3O5/c1-8-10-13-25-21(29)20(18-12-11-16(3)17(4)14-18)27(9-2)22(30)19(15-28)26-23(31)32-24(5,6)7/h11-12,14,19-20,28H,8-10,13,15H2,1-7H3,(H,25,29)(H,26,31). The molecule has 0 aliphatic carbocycles. The van der Waals surface area contributed by atoms with Gasteiger partial charge in [0.1, 0.15) is 17.7 Å². The van der Waals surface area contributed by atoms with Crippen molar-refractivity contribution in [3.05, 3.63) is 34.9 Å². The number of aliphatic hydroxyl groups excluding tert-OH is 1. The van der Waals surface area contributed by atoms with Gasteiger partial charge in [0.25, 0.3) is 0 Å². The quantitative estimate of drug-likeness (QED) is 0.476. The van der Waals surface area contributed by atoms with Crippen LogP contribution in [0.15, 0.2) is 18.2 Å². The number of likely N-dealkylation sites (N-methyl/N-ethyl adjacent to an activating group) is 1. The number of hydrogen-bond acceptors (Lipinski definition) is 5. The van der Waals surface area contributed by atoms with Crippen molar-refractivity contribution in [1.29, 1.82) is 0 Å². The number of ether oxygens (including phenoxy) is 1. The predicted molar refractivity (Wildman–Crippen MR) is 124 cm³/mol. The van der Waals surface area contributed by atoms with Gasteiger partial charge in [0.15, 0.2) is 0 Å². The van der Waals surface area contributed by atoms with Gasteiger partial charge in [-0.25, -0.2) is 4.79 Å². The summed E-state index contributed by atoms with van der Waals surface area (Å²) >= 11 is 0. The van der Waals surface area contributed by atoms with Gasteiger partial charge in [-0.2, -0.15) is 0 Å². The van der Waals surface area contributed by atoms with Gasteiger partial charge in [0.05, 0.1) is 6.61 Å². The third kappa shape index (κ3) is 8.15. The normalized spacial score (nSPS) is 13.1. The van der Waals surface area contributed by atoms with Crippen molar-refractivity contribution in [3.8, 4) is 0 Å². The Bertz CT molecular complexity index is 788. The molecule has 8 nitrogen and oxygen atoms in total. The van der Waals surface area contributed by atoms with Crippen LogP contribution in [0.5, 0.6) is 0 Å². The lowest BCUT2D eigenvalue weighted by Crippen LogP contribution is -2.54. The van der Waals surface area contributed by atoms with Gasteiger partial charge in [0, 0.05) is 13.1 Å². The number of amides is 3. The number of carbonyl (C=O) groups excluding carboxylic acids is 3. The van der Waals surface area contributed by atoms with Gasteiger partial charge < -0.3 is 25.4 Å². The maximum atomic E-state index is 13.3. The number of rotatable bonds is 10. The zero-order valence-electron chi connectivity index (χ0n) is 20.4. The SMILES string of the molecule is CCCCNC(=O)C(c1ccc(C)c(C)c1)N(CC)C(=O)C(CO)NC(=O)OC(C)(C)C. The van der Waals surface area contributed by atoms with Crippen LogP contribution in [0.25, 0.3) is 0 Å². The third-order valence-corrected chi connectivity index (χ3v) is 5.03. The van der Waals surface area contributed by atoms with E-state index >= 15 is 0 Å². The van der Waals surface area contributed by atoms with E-state index in [2.05, 4.69) is 10.6 Å². The predicted octanol–water partition coefficient (Wildman–Crippen LogP) is 2.99. The molecule has 1 aromatic carbocycles. The molecule has 32 heavy (non-hydrogen) atoms. The molecule has 3 N–H and O–H groups in total. The molecule has 180 valence electrons. The highest BCUT2D eigenvalue weighted by atomic mass is 16.6. The number of hydrogen-bond donors (Lipinski definition) is 3. The van der Waals surface area contributed by atoms with Crippen LogP contribution >= 0.6 is 0 Å². The fraction of sp³-hybridized carbons (Fsp3) is 0.625. The number of carbonyl (C=O) groups is 3. The largest absolute Gasteiger partial charge is 0.444 e. The summed E-state index contributed by atoms with van der Waals surface area (Å²) in [5.41, 5.74) is 2.00. The molecule has 8 heteroatoms. The Morgan fingerprint density at radius 3 is 2.28 bits per heavy atom. The van der Waals surface area contributed by atoms with E-state index in [-0.39, 0.29) is 12.5 Å². The zero-order chi connectivity index (χ0) is 24.5. The van der Waals surface area contributed by atoms with Gasteiger partial charge in [0.2, 0.25) is 11.8 Å². The molecule has 0 aliphatic heterocycles. The summed E-state index contributed by atoms with van der Waals surface area (Å²) in [6, 6.07) is 3.51. The summed E-state index contributed by atoms with van der Waals surface area (Å²) in [5, 5.41) is 15.1. The minimum Gasteiger partial charge on any atom is -0.444 e. The van der Waals surface area contributed by atoms with Crippen molar-refractivity contribution in [3.63, 3.8) is 0 Å². The van der Waals surface area contributed by atoms with Gasteiger partial charge >= 0.3 is 6.09 Å². The summed E-state index contributed by atoms with van der Waals surface area (Å²) in [6.45, 7) is 12.9. The molecule has 0 spiro atoms. The Morgan fingerprint density at radius 2 is 1.78 bits per heavy atom. The van der Waals surface area contributed by atoms with Crippen LogP contribution in [0.2, 0.25) is 0 Å². The van der Waals surface area contributed by atoms with Crippen LogP contribution in [-0.4, -0.2) is 59.3 Å². The molecule has 3 amide bonds. The lowest BCUT2D eigenvalue weighted by Gasteiger charge is -2.33. The highest BCUT2D eigenvalue weighted by Crippen LogP contribution is 2.24. The molecule has 0 heterocycles. The topological polar surface area (TPSA) is 108 Å². The fourth-order valence-electron chi connectivity index (χ4n) is 3.19. The first-order chi connectivity index (χ1) is 14.9. The van der Waals surface area contributed by atoms with E-state index < -0.39 is 36.3 Å². The molecular weight excluding hydrogens is 410 g/mol. The van der Waals surface area contributed by atoms with Crippen molar-refractivity contribution in [1.82, 2.24) is 15.5 Å². The van der Waals surface area contributed by atoms with Crippen molar-refractivity contribution >= 4 is 17.9 Å². The average Bonchev–Trinajstić information content (AvgIpc) is 2.70. The van der Waals surface area contributed by atoms with Crippen LogP contribution in [0.3, 0.4) is 0 Å². The van der Waals surface area contributed by atoms with Crippen LogP contribution in [0.4, 0.5) is 4.79 Å². The molecule has 0 saturated carbocycles. The van der Waals surface area contributed by atoms with Crippen LogP contribution in [0.1, 0.15) is 70.2 Å². The van der Waals surface area contributed by atoms with E-state index in [9.17, 15) is 19.5 Å². The number of nitrogens with one attached hydrogen (secondary N) is 2. The van der Waals surface area contributed by atoms with Gasteiger partial charge in [-0.05, 0) is 64.7 Å². The Labute approximate surface area is 191 Å². The number of aryl methyl sites for hydroxylation is 2. The van der Waals surface area contributed by atoms with Crippen molar-refractivity contribution < 1.29 is 24.2 Å². The van der Waals surface area contributed by atoms with Crippen LogP contribution in [-0.2, 0) is 14.3 Å². The van der Waals surface area contributed by atoms with E-state index in [1.807, 2.05) is 39.0 Å². The second kappa shape index (κ2) is 12.4. The van der Waals surface area contributed by atoms with Gasteiger partial charge in [-0.3, -0.25) is 9.59 Å². The second-order valence-electron chi connectivity index (χ2n) is 8.90. The number of alkyl carbamates (subject to hydrolysis) is 1. The third-order valence-electron chi connectivity index (χ3n) is 5.03. The van der Waals surface area contributed by atoms with Crippen molar-refractivity contribution in [2.75, 3.05) is 19.7 Å². The molecule has 1 rings (SSSR count). The van der Waals surface area contributed by atoms with Gasteiger partial charge in [-0.1, -0.05) is 31.5 Å². The molecule has 0 fully saturated rings. The Hall–Kier alpha value is -2.61. The smallest absolute Gasteiger partial charge is 0.408 e. The lowest BCUT2D eigenvalue weighted by atomic mass is 9.98. The molecular formula is C24H39N3O5. The second-order valence-corrected chi connectivity index (χ2v) is 8.90. The number of benzene rings is 1. The zero-order valence-corrected chi connectivity index (χ0v) is 20.4.